The average Bonchev–Trinajstić information content (AvgIpc) is 2.76. The molecule has 0 spiro atoms. The Balaban J connectivity index is 1.69. The van der Waals surface area contributed by atoms with Crippen LogP contribution in [0.3, 0.4) is 0 Å². The molecule has 0 bridgehead atoms. The van der Waals surface area contributed by atoms with Gasteiger partial charge < -0.3 is 4.74 Å². The first-order valence-corrected chi connectivity index (χ1v) is 7.79. The Morgan fingerprint density at radius 3 is 2.33 bits per heavy atom. The van der Waals surface area contributed by atoms with E-state index in [9.17, 15) is 0 Å². The SMILES string of the molecule is Cc1cccc(C)c1OCCCCCc1c(C)n[nH]c1C. The number of hydrogen-bond acceptors (Lipinski definition) is 2. The maximum atomic E-state index is 5.93. The fourth-order valence-electron chi connectivity index (χ4n) is 2.72. The number of aryl methyl sites for hydroxylation is 4. The normalized spacial score (nSPS) is 10.9. The quantitative estimate of drug-likeness (QED) is 0.764. The van der Waals surface area contributed by atoms with Crippen molar-refractivity contribution in [2.45, 2.75) is 53.4 Å². The molecular weight excluding hydrogens is 260 g/mol. The molecule has 2 rings (SSSR count). The van der Waals surface area contributed by atoms with E-state index >= 15 is 0 Å². The molecule has 0 aliphatic rings. The van der Waals surface area contributed by atoms with Crippen molar-refractivity contribution in [2.75, 3.05) is 6.61 Å². The van der Waals surface area contributed by atoms with Crippen LogP contribution in [-0.4, -0.2) is 16.8 Å². The number of nitrogens with one attached hydrogen (secondary N) is 1. The summed E-state index contributed by atoms with van der Waals surface area (Å²) >= 11 is 0. The number of benzene rings is 1. The Morgan fingerprint density at radius 1 is 1.00 bits per heavy atom. The van der Waals surface area contributed by atoms with Crippen LogP contribution in [0.2, 0.25) is 0 Å². The van der Waals surface area contributed by atoms with Crippen LogP contribution in [0.4, 0.5) is 0 Å². The smallest absolute Gasteiger partial charge is 0.125 e. The molecule has 21 heavy (non-hydrogen) atoms. The van der Waals surface area contributed by atoms with Gasteiger partial charge >= 0.3 is 0 Å². The summed E-state index contributed by atoms with van der Waals surface area (Å²) in [6.07, 6.45) is 4.59. The lowest BCUT2D eigenvalue weighted by atomic mass is 10.1. The van der Waals surface area contributed by atoms with Crippen LogP contribution >= 0.6 is 0 Å². The Kier molecular flexibility index (Phi) is 5.43. The molecule has 0 aliphatic carbocycles. The molecule has 0 radical (unpaired) electrons. The fraction of sp³-hybridized carbons (Fsp3) is 0.500. The summed E-state index contributed by atoms with van der Waals surface area (Å²) in [5.74, 6) is 1.05. The Morgan fingerprint density at radius 2 is 1.71 bits per heavy atom. The van der Waals surface area contributed by atoms with Crippen molar-refractivity contribution >= 4 is 0 Å². The van der Waals surface area contributed by atoms with E-state index < -0.39 is 0 Å². The van der Waals surface area contributed by atoms with Gasteiger partial charge in [-0.2, -0.15) is 5.10 Å². The first kappa shape index (κ1) is 15.6. The van der Waals surface area contributed by atoms with Crippen LogP contribution in [0.25, 0.3) is 0 Å². The van der Waals surface area contributed by atoms with Gasteiger partial charge in [-0.25, -0.2) is 0 Å². The molecule has 1 aromatic heterocycles. The van der Waals surface area contributed by atoms with Crippen molar-refractivity contribution in [3.8, 4) is 5.75 Å². The molecule has 0 amide bonds. The molecule has 0 aliphatic heterocycles. The highest BCUT2D eigenvalue weighted by atomic mass is 16.5. The number of aromatic amines is 1. The minimum atomic E-state index is 0.801. The van der Waals surface area contributed by atoms with Crippen LogP contribution in [0.1, 0.15) is 47.3 Å². The number of H-pyrrole nitrogens is 1. The number of aromatic nitrogens is 2. The Labute approximate surface area is 127 Å². The molecule has 3 heteroatoms. The predicted molar refractivity (Wildman–Crippen MR) is 87.0 cm³/mol. The topological polar surface area (TPSA) is 37.9 Å². The van der Waals surface area contributed by atoms with E-state index in [4.69, 9.17) is 4.74 Å². The van der Waals surface area contributed by atoms with E-state index in [1.807, 2.05) is 0 Å². The average molecular weight is 286 g/mol. The number of para-hydroxylation sites is 1. The molecule has 1 heterocycles. The maximum Gasteiger partial charge on any atom is 0.125 e. The molecular formula is C18H26N2O. The van der Waals surface area contributed by atoms with Gasteiger partial charge in [-0.3, -0.25) is 5.10 Å². The second-order valence-electron chi connectivity index (χ2n) is 5.79. The molecule has 1 N–H and O–H groups in total. The van der Waals surface area contributed by atoms with Crippen molar-refractivity contribution in [1.29, 1.82) is 0 Å². The van der Waals surface area contributed by atoms with Gasteiger partial charge in [-0.1, -0.05) is 18.2 Å². The summed E-state index contributed by atoms with van der Waals surface area (Å²) in [5, 5.41) is 7.29. The molecule has 0 unspecified atom stereocenters. The molecule has 0 saturated heterocycles. The van der Waals surface area contributed by atoms with Crippen LogP contribution in [0, 0.1) is 27.7 Å². The lowest BCUT2D eigenvalue weighted by molar-refractivity contribution is 0.301. The van der Waals surface area contributed by atoms with Gasteiger partial charge in [0.15, 0.2) is 0 Å². The number of nitrogens with zero attached hydrogens (tertiary/aromatic N) is 1. The molecule has 1 aromatic carbocycles. The summed E-state index contributed by atoms with van der Waals surface area (Å²) in [5.41, 5.74) is 6.17. The first-order chi connectivity index (χ1) is 10.1. The highest BCUT2D eigenvalue weighted by Gasteiger charge is 2.06. The van der Waals surface area contributed by atoms with Crippen molar-refractivity contribution < 1.29 is 4.74 Å². The third-order valence-electron chi connectivity index (χ3n) is 4.01. The number of rotatable bonds is 7. The van der Waals surface area contributed by atoms with Crippen LogP contribution in [0.5, 0.6) is 5.75 Å². The minimum Gasteiger partial charge on any atom is -0.493 e. The lowest BCUT2D eigenvalue weighted by Gasteiger charge is -2.11. The van der Waals surface area contributed by atoms with Gasteiger partial charge in [0, 0.05) is 5.69 Å². The number of ether oxygens (including phenoxy) is 1. The molecule has 3 nitrogen and oxygen atoms in total. The summed E-state index contributed by atoms with van der Waals surface area (Å²) in [6, 6.07) is 6.28. The molecule has 0 fully saturated rings. The van der Waals surface area contributed by atoms with Gasteiger partial charge in [0.2, 0.25) is 0 Å². The third-order valence-corrected chi connectivity index (χ3v) is 4.01. The number of unbranched alkanes of at least 4 members (excludes halogenated alkanes) is 2. The number of hydrogen-bond donors (Lipinski definition) is 1. The van der Waals surface area contributed by atoms with E-state index in [1.54, 1.807) is 0 Å². The van der Waals surface area contributed by atoms with Gasteiger partial charge in [0.1, 0.15) is 5.75 Å². The van der Waals surface area contributed by atoms with Crippen molar-refractivity contribution in [3.63, 3.8) is 0 Å². The Hall–Kier alpha value is -1.77. The summed E-state index contributed by atoms with van der Waals surface area (Å²) < 4.78 is 5.93. The van der Waals surface area contributed by atoms with E-state index in [2.05, 4.69) is 56.1 Å². The van der Waals surface area contributed by atoms with Crippen LogP contribution in [0.15, 0.2) is 18.2 Å². The summed E-state index contributed by atoms with van der Waals surface area (Å²) in [4.78, 5) is 0. The minimum absolute atomic E-state index is 0.801. The van der Waals surface area contributed by atoms with Gasteiger partial charge in [0.05, 0.1) is 12.3 Å². The van der Waals surface area contributed by atoms with Gasteiger partial charge in [-0.15, -0.1) is 0 Å². The standard InChI is InChI=1S/C18H26N2O/c1-13-9-8-10-14(2)18(13)21-12-7-5-6-11-17-15(3)19-20-16(17)4/h8-10H,5-7,11-12H2,1-4H3,(H,19,20). The zero-order valence-electron chi connectivity index (χ0n) is 13.6. The van der Waals surface area contributed by atoms with Crippen molar-refractivity contribution in [1.82, 2.24) is 10.2 Å². The fourth-order valence-corrected chi connectivity index (χ4v) is 2.72. The third kappa shape index (κ3) is 4.10. The highest BCUT2D eigenvalue weighted by molar-refractivity contribution is 5.39. The van der Waals surface area contributed by atoms with Crippen LogP contribution < -0.4 is 4.74 Å². The molecule has 0 atom stereocenters. The molecule has 0 saturated carbocycles. The van der Waals surface area contributed by atoms with Gasteiger partial charge in [0.25, 0.3) is 0 Å². The first-order valence-electron chi connectivity index (χ1n) is 7.79. The lowest BCUT2D eigenvalue weighted by Crippen LogP contribution is -2.01. The van der Waals surface area contributed by atoms with E-state index in [1.165, 1.54) is 35.2 Å². The maximum absolute atomic E-state index is 5.93. The molecule has 114 valence electrons. The predicted octanol–water partition coefficient (Wildman–Crippen LogP) is 4.44. The van der Waals surface area contributed by atoms with Gasteiger partial charge in [-0.05, 0) is 70.1 Å². The van der Waals surface area contributed by atoms with Crippen molar-refractivity contribution in [2.24, 2.45) is 0 Å². The zero-order valence-corrected chi connectivity index (χ0v) is 13.6. The van der Waals surface area contributed by atoms with Crippen molar-refractivity contribution in [3.05, 3.63) is 46.3 Å². The second kappa shape index (κ2) is 7.30. The summed E-state index contributed by atoms with van der Waals surface area (Å²) in [6.45, 7) is 9.18. The van der Waals surface area contributed by atoms with E-state index in [-0.39, 0.29) is 0 Å². The zero-order chi connectivity index (χ0) is 15.2. The largest absolute Gasteiger partial charge is 0.493 e. The second-order valence-corrected chi connectivity index (χ2v) is 5.79. The molecule has 2 aromatic rings. The van der Waals surface area contributed by atoms with E-state index in [0.717, 1.165) is 30.9 Å². The monoisotopic (exact) mass is 286 g/mol. The summed E-state index contributed by atoms with van der Waals surface area (Å²) in [7, 11) is 0. The highest BCUT2D eigenvalue weighted by Crippen LogP contribution is 2.22. The van der Waals surface area contributed by atoms with Crippen LogP contribution in [-0.2, 0) is 6.42 Å². The Bertz CT molecular complexity index is 547. The van der Waals surface area contributed by atoms with E-state index in [0.29, 0.717) is 0 Å².